The van der Waals surface area contributed by atoms with Gasteiger partial charge in [-0.1, -0.05) is 0 Å². The Morgan fingerprint density at radius 2 is 2.03 bits per heavy atom. The number of carboxylic acid groups (broad SMARTS) is 1. The molecule has 11 heteroatoms. The molecule has 3 fully saturated rings. The van der Waals surface area contributed by atoms with Crippen LogP contribution >= 0.6 is 12.4 Å². The van der Waals surface area contributed by atoms with Crippen LogP contribution in [0.2, 0.25) is 0 Å². The first kappa shape index (κ1) is 23.2. The molecule has 5 rings (SSSR count). The average molecular weight is 460 g/mol. The summed E-state index contributed by atoms with van der Waals surface area (Å²) in [7, 11) is 1.36. The Morgan fingerprint density at radius 1 is 1.39 bits per heavy atom. The lowest BCUT2D eigenvalue weighted by atomic mass is 10.0. The summed E-state index contributed by atoms with van der Waals surface area (Å²) in [4.78, 5) is 26.1. The van der Waals surface area contributed by atoms with E-state index in [-0.39, 0.29) is 58.1 Å². The number of benzene rings is 1. The van der Waals surface area contributed by atoms with E-state index in [1.54, 1.807) is 0 Å². The van der Waals surface area contributed by atoms with Gasteiger partial charge in [-0.3, -0.25) is 4.79 Å². The fourth-order valence-corrected chi connectivity index (χ4v) is 4.64. The average Bonchev–Trinajstić information content (AvgIpc) is 3.56. The minimum Gasteiger partial charge on any atom is -0.492 e. The first-order valence-corrected chi connectivity index (χ1v) is 9.60. The van der Waals surface area contributed by atoms with Gasteiger partial charge in [-0.25, -0.2) is 13.6 Å². The lowest BCUT2D eigenvalue weighted by Gasteiger charge is -2.24. The summed E-state index contributed by atoms with van der Waals surface area (Å²) >= 11 is 0. The lowest BCUT2D eigenvalue weighted by molar-refractivity contribution is 0.0694. The predicted molar refractivity (Wildman–Crippen MR) is 113 cm³/mol. The minimum atomic E-state index is -1.44. The van der Waals surface area contributed by atoms with E-state index in [4.69, 9.17) is 10.5 Å². The van der Waals surface area contributed by atoms with Crippen LogP contribution in [-0.4, -0.2) is 53.5 Å². The Balaban J connectivity index is 0.00000136. The van der Waals surface area contributed by atoms with E-state index in [0.29, 0.717) is 13.1 Å². The molecule has 31 heavy (non-hydrogen) atoms. The topological polar surface area (TPSA) is 129 Å². The molecule has 0 amide bonds. The zero-order chi connectivity index (χ0) is 20.7. The number of nitrogens with zero attached hydrogens (tertiary/aromatic N) is 2. The highest BCUT2D eigenvalue weighted by molar-refractivity contribution is 5.97. The second-order valence-corrected chi connectivity index (χ2v) is 8.39. The molecular formula is C20H24ClF2N3O5. The highest BCUT2D eigenvalue weighted by Crippen LogP contribution is 2.54. The summed E-state index contributed by atoms with van der Waals surface area (Å²) in [5.74, 6) is -2.01. The zero-order valence-corrected chi connectivity index (χ0v) is 17.5. The maximum absolute atomic E-state index is 15.2. The lowest BCUT2D eigenvalue weighted by Crippen LogP contribution is -2.30. The number of halogens is 3. The van der Waals surface area contributed by atoms with Crippen LogP contribution in [0, 0.1) is 11.2 Å². The van der Waals surface area contributed by atoms with Crippen molar-refractivity contribution in [1.82, 2.24) is 4.57 Å². The Kier molecular flexibility index (Phi) is 5.71. The van der Waals surface area contributed by atoms with Gasteiger partial charge < -0.3 is 30.5 Å². The molecule has 1 aromatic heterocycles. The van der Waals surface area contributed by atoms with Gasteiger partial charge in [0.1, 0.15) is 17.4 Å². The van der Waals surface area contributed by atoms with Gasteiger partial charge in [0.2, 0.25) is 5.43 Å². The largest absolute Gasteiger partial charge is 0.492 e. The number of alkyl halides is 1. The van der Waals surface area contributed by atoms with Gasteiger partial charge in [0.15, 0.2) is 11.6 Å². The zero-order valence-electron chi connectivity index (χ0n) is 16.7. The third kappa shape index (κ3) is 3.33. The second kappa shape index (κ2) is 7.61. The van der Waals surface area contributed by atoms with Crippen molar-refractivity contribution >= 4 is 35.0 Å². The minimum absolute atomic E-state index is 0. The molecular weight excluding hydrogens is 436 g/mol. The molecule has 3 aliphatic rings. The summed E-state index contributed by atoms with van der Waals surface area (Å²) < 4.78 is 36.1. The third-order valence-electron chi connectivity index (χ3n) is 6.59. The van der Waals surface area contributed by atoms with E-state index in [9.17, 15) is 19.1 Å². The molecule has 1 aromatic carbocycles. The predicted octanol–water partition coefficient (Wildman–Crippen LogP) is 1.65. The molecule has 2 saturated carbocycles. The summed E-state index contributed by atoms with van der Waals surface area (Å²) in [5, 5.41) is 9.25. The van der Waals surface area contributed by atoms with E-state index in [0.717, 1.165) is 25.1 Å². The van der Waals surface area contributed by atoms with Crippen LogP contribution in [0.3, 0.4) is 0 Å². The van der Waals surface area contributed by atoms with Crippen molar-refractivity contribution in [3.8, 4) is 5.75 Å². The Labute approximate surface area is 182 Å². The van der Waals surface area contributed by atoms with Gasteiger partial charge in [0.05, 0.1) is 24.1 Å². The van der Waals surface area contributed by atoms with Gasteiger partial charge in [0, 0.05) is 37.2 Å². The Morgan fingerprint density at radius 3 is 2.52 bits per heavy atom. The molecule has 2 aromatic rings. The van der Waals surface area contributed by atoms with Crippen molar-refractivity contribution in [2.24, 2.45) is 11.1 Å². The van der Waals surface area contributed by atoms with E-state index in [2.05, 4.69) is 0 Å². The maximum atomic E-state index is 15.2. The number of carboxylic acids is 1. The molecule has 5 N–H and O–H groups in total. The van der Waals surface area contributed by atoms with E-state index >= 15 is 4.39 Å². The number of aromatic nitrogens is 1. The number of aromatic carboxylic acids is 1. The van der Waals surface area contributed by atoms with Gasteiger partial charge in [-0.15, -0.1) is 12.4 Å². The number of nitrogens with two attached hydrogens (primary N) is 1. The van der Waals surface area contributed by atoms with E-state index < -0.39 is 35.0 Å². The van der Waals surface area contributed by atoms with Crippen LogP contribution in [0.4, 0.5) is 14.5 Å². The number of ether oxygens (including phenoxy) is 1. The van der Waals surface area contributed by atoms with Crippen LogP contribution < -0.4 is 20.8 Å². The van der Waals surface area contributed by atoms with E-state index in [1.807, 2.05) is 4.90 Å². The summed E-state index contributed by atoms with van der Waals surface area (Å²) in [5.41, 5.74) is 5.31. The van der Waals surface area contributed by atoms with Crippen molar-refractivity contribution in [3.63, 3.8) is 0 Å². The van der Waals surface area contributed by atoms with Crippen molar-refractivity contribution in [2.75, 3.05) is 25.1 Å². The highest BCUT2D eigenvalue weighted by Gasteiger charge is 2.54. The number of hydrogen-bond acceptors (Lipinski definition) is 5. The highest BCUT2D eigenvalue weighted by atomic mass is 35.5. The van der Waals surface area contributed by atoms with Crippen LogP contribution in [0.25, 0.3) is 10.9 Å². The van der Waals surface area contributed by atoms with Gasteiger partial charge in [0.25, 0.3) is 0 Å². The van der Waals surface area contributed by atoms with Crippen LogP contribution in [0.5, 0.6) is 5.75 Å². The summed E-state index contributed by atoms with van der Waals surface area (Å²) in [6.07, 6.45) is 2.15. The number of anilines is 1. The number of hydrogen-bond donors (Lipinski definition) is 2. The van der Waals surface area contributed by atoms with Gasteiger partial charge in [-0.05, 0) is 18.9 Å². The molecule has 170 valence electrons. The number of fused-ring (bicyclic) bond motifs is 1. The SMILES string of the molecule is COc1c(N2C[C@@H](N)C3(CC3)C2)c(F)cc2c(=O)c(C(=O)O)cn([C@@H]3C[C@@H]3F)c12.Cl.O. The molecule has 0 radical (unpaired) electrons. The molecule has 1 spiro atoms. The monoisotopic (exact) mass is 459 g/mol. The quantitative estimate of drug-likeness (QED) is 0.715. The standard InChI is InChI=1S/C20H21F2N3O4.ClH.H2O/c1-29-18-15-9(17(26)10(19(27)28)6-25(15)13-5-11(13)21)4-12(22)16(18)24-7-14(23)20(8-24)2-3-20;;/h4,6,11,13-14H,2-3,5,7-8,23H2,1H3,(H,27,28);1H;1H2/t11-,13+,14+;;/m0../s1. The maximum Gasteiger partial charge on any atom is 0.341 e. The van der Waals surface area contributed by atoms with Crippen molar-refractivity contribution in [1.29, 1.82) is 0 Å². The van der Waals surface area contributed by atoms with Gasteiger partial charge in [-0.2, -0.15) is 0 Å². The molecule has 0 unspecified atom stereocenters. The molecule has 1 aliphatic heterocycles. The second-order valence-electron chi connectivity index (χ2n) is 8.39. The van der Waals surface area contributed by atoms with Crippen LogP contribution in [-0.2, 0) is 0 Å². The Bertz CT molecular complexity index is 1120. The molecule has 3 atom stereocenters. The molecule has 2 aliphatic carbocycles. The Hall–Kier alpha value is -2.43. The molecule has 8 nitrogen and oxygen atoms in total. The molecule has 1 saturated heterocycles. The fraction of sp³-hybridized carbons (Fsp3) is 0.500. The number of carbonyl (C=O) groups is 1. The molecule has 2 heterocycles. The fourth-order valence-electron chi connectivity index (χ4n) is 4.64. The number of pyridine rings is 1. The first-order valence-electron chi connectivity index (χ1n) is 9.60. The van der Waals surface area contributed by atoms with Crippen molar-refractivity contribution in [3.05, 3.63) is 33.9 Å². The molecule has 0 bridgehead atoms. The summed E-state index contributed by atoms with van der Waals surface area (Å²) in [6.45, 7) is 1.03. The van der Waals surface area contributed by atoms with Crippen molar-refractivity contribution < 1.29 is 28.9 Å². The third-order valence-corrected chi connectivity index (χ3v) is 6.59. The van der Waals surface area contributed by atoms with E-state index in [1.165, 1.54) is 11.7 Å². The van der Waals surface area contributed by atoms with Crippen LogP contribution in [0.15, 0.2) is 17.1 Å². The smallest absolute Gasteiger partial charge is 0.341 e. The summed E-state index contributed by atoms with van der Waals surface area (Å²) in [6, 6.07) is 0.342. The number of methoxy groups -OCH3 is 1. The van der Waals surface area contributed by atoms with Gasteiger partial charge >= 0.3 is 5.97 Å². The van der Waals surface area contributed by atoms with Crippen LogP contribution in [0.1, 0.15) is 35.7 Å². The van der Waals surface area contributed by atoms with Crippen molar-refractivity contribution in [2.45, 2.75) is 37.5 Å². The first-order chi connectivity index (χ1) is 13.8. The number of rotatable bonds is 4. The normalized spacial score (nSPS) is 25.2.